The van der Waals surface area contributed by atoms with Crippen molar-refractivity contribution in [1.29, 1.82) is 0 Å². The highest BCUT2D eigenvalue weighted by Crippen LogP contribution is 2.38. The quantitative estimate of drug-likeness (QED) is 0.289. The fraction of sp³-hybridized carbons (Fsp3) is 0.361. The van der Waals surface area contributed by atoms with Crippen LogP contribution in [-0.2, 0) is 20.9 Å². The van der Waals surface area contributed by atoms with Gasteiger partial charge in [-0.25, -0.2) is 4.39 Å². The van der Waals surface area contributed by atoms with Gasteiger partial charge >= 0.3 is 0 Å². The molecular formula is C36H43FN6O3. The summed E-state index contributed by atoms with van der Waals surface area (Å²) in [5, 5.41) is 9.21. The van der Waals surface area contributed by atoms with Crippen LogP contribution in [0.4, 0.5) is 21.5 Å². The van der Waals surface area contributed by atoms with Crippen LogP contribution in [0.2, 0.25) is 0 Å². The average molecular weight is 627 g/mol. The third kappa shape index (κ3) is 8.18. The van der Waals surface area contributed by atoms with Crippen molar-refractivity contribution in [3.05, 3.63) is 89.2 Å². The number of carbonyl (C=O) groups is 3. The molecule has 1 saturated heterocycles. The number of anilines is 3. The normalized spacial score (nSPS) is 16.4. The van der Waals surface area contributed by atoms with Crippen LogP contribution in [0, 0.1) is 11.2 Å². The maximum Gasteiger partial charge on any atom is 0.258 e. The lowest BCUT2D eigenvalue weighted by molar-refractivity contribution is -0.123. The number of amides is 3. The first-order chi connectivity index (χ1) is 21.9. The van der Waals surface area contributed by atoms with Crippen molar-refractivity contribution in [3.63, 3.8) is 0 Å². The van der Waals surface area contributed by atoms with E-state index in [1.54, 1.807) is 18.0 Å². The van der Waals surface area contributed by atoms with E-state index in [2.05, 4.69) is 32.8 Å². The lowest BCUT2D eigenvalue weighted by Crippen LogP contribution is -2.48. The van der Waals surface area contributed by atoms with Gasteiger partial charge in [-0.2, -0.15) is 0 Å². The van der Waals surface area contributed by atoms with E-state index in [1.807, 2.05) is 69.3 Å². The first-order valence-corrected chi connectivity index (χ1v) is 15.6. The van der Waals surface area contributed by atoms with Gasteiger partial charge in [0.15, 0.2) is 0 Å². The van der Waals surface area contributed by atoms with E-state index in [1.165, 1.54) is 12.1 Å². The summed E-state index contributed by atoms with van der Waals surface area (Å²) in [4.78, 5) is 45.0. The molecule has 3 amide bonds. The van der Waals surface area contributed by atoms with E-state index in [9.17, 15) is 18.8 Å². The molecule has 0 aliphatic carbocycles. The Balaban J connectivity index is 1.40. The second-order valence-electron chi connectivity index (χ2n) is 13.3. The van der Waals surface area contributed by atoms with Crippen LogP contribution in [0.25, 0.3) is 11.3 Å². The van der Waals surface area contributed by atoms with E-state index >= 15 is 0 Å². The fourth-order valence-corrected chi connectivity index (χ4v) is 5.61. The smallest absolute Gasteiger partial charge is 0.258 e. The molecule has 3 aromatic rings. The Kier molecular flexibility index (Phi) is 9.88. The summed E-state index contributed by atoms with van der Waals surface area (Å²) in [5.74, 6) is -0.804. The van der Waals surface area contributed by atoms with E-state index in [-0.39, 0.29) is 23.1 Å². The van der Waals surface area contributed by atoms with Gasteiger partial charge in [-0.05, 0) is 72.1 Å². The largest absolute Gasteiger partial charge is 0.354 e. The molecule has 10 heteroatoms. The van der Waals surface area contributed by atoms with Gasteiger partial charge in [0, 0.05) is 63.1 Å². The zero-order chi connectivity index (χ0) is 33.0. The number of benzene rings is 3. The first kappa shape index (κ1) is 32.8. The zero-order valence-electron chi connectivity index (χ0n) is 27.2. The molecule has 242 valence electrons. The highest BCUT2D eigenvalue weighted by atomic mass is 19.1. The monoisotopic (exact) mass is 626 g/mol. The first-order valence-electron chi connectivity index (χ1n) is 15.6. The van der Waals surface area contributed by atoms with Crippen molar-refractivity contribution < 1.29 is 18.8 Å². The highest BCUT2D eigenvalue weighted by Gasteiger charge is 2.29. The van der Waals surface area contributed by atoms with E-state index < -0.39 is 5.82 Å². The summed E-state index contributed by atoms with van der Waals surface area (Å²) in [6, 6.07) is 19.3. The van der Waals surface area contributed by atoms with E-state index in [0.29, 0.717) is 47.7 Å². The molecule has 2 aliphatic rings. The van der Waals surface area contributed by atoms with Crippen molar-refractivity contribution in [2.75, 3.05) is 62.4 Å². The Labute approximate surface area is 270 Å². The van der Waals surface area contributed by atoms with Crippen LogP contribution in [0.3, 0.4) is 0 Å². The molecule has 2 aliphatic heterocycles. The van der Waals surface area contributed by atoms with Gasteiger partial charge < -0.3 is 25.8 Å². The second-order valence-corrected chi connectivity index (χ2v) is 13.3. The van der Waals surface area contributed by atoms with Crippen LogP contribution in [0.15, 0.2) is 66.7 Å². The minimum Gasteiger partial charge on any atom is -0.354 e. The Morgan fingerprint density at radius 1 is 0.978 bits per heavy atom. The summed E-state index contributed by atoms with van der Waals surface area (Å²) in [5.41, 5.74) is 4.85. The molecule has 46 heavy (non-hydrogen) atoms. The molecule has 5 rings (SSSR count). The number of nitrogens with zero attached hydrogens (tertiary/aromatic N) is 3. The molecule has 0 unspecified atom stereocenters. The second kappa shape index (κ2) is 13.8. The fourth-order valence-electron chi connectivity index (χ4n) is 5.61. The number of hydrogen-bond donors (Lipinski definition) is 3. The highest BCUT2D eigenvalue weighted by molar-refractivity contribution is 6.37. The molecule has 0 atom stereocenters. The third-order valence-electron chi connectivity index (χ3n) is 8.23. The summed E-state index contributed by atoms with van der Waals surface area (Å²) < 4.78 is 14.0. The van der Waals surface area contributed by atoms with Crippen LogP contribution in [0.5, 0.6) is 0 Å². The Hall–Kier alpha value is -4.54. The van der Waals surface area contributed by atoms with Gasteiger partial charge in [0.25, 0.3) is 5.91 Å². The third-order valence-corrected chi connectivity index (χ3v) is 8.23. The molecule has 0 bridgehead atoms. The predicted octanol–water partition coefficient (Wildman–Crippen LogP) is 5.02. The molecule has 0 aromatic heterocycles. The maximum absolute atomic E-state index is 14.0. The maximum atomic E-state index is 14.0. The van der Waals surface area contributed by atoms with Gasteiger partial charge in [-0.1, -0.05) is 39.0 Å². The number of hydrogen-bond acceptors (Lipinski definition) is 6. The van der Waals surface area contributed by atoms with E-state index in [0.717, 1.165) is 43.0 Å². The van der Waals surface area contributed by atoms with Gasteiger partial charge in [0.1, 0.15) is 5.82 Å². The summed E-state index contributed by atoms with van der Waals surface area (Å²) in [7, 11) is 3.87. The van der Waals surface area contributed by atoms with Crippen LogP contribution < -0.4 is 20.9 Å². The molecule has 1 fully saturated rings. The molecule has 0 radical (unpaired) electrons. The molecule has 0 saturated carbocycles. The Morgan fingerprint density at radius 2 is 1.70 bits per heavy atom. The van der Waals surface area contributed by atoms with E-state index in [4.69, 9.17) is 0 Å². The Bertz CT molecular complexity index is 1640. The summed E-state index contributed by atoms with van der Waals surface area (Å²) in [6.45, 7) is 10.4. The van der Waals surface area contributed by atoms with Gasteiger partial charge in [0.2, 0.25) is 11.8 Å². The predicted molar refractivity (Wildman–Crippen MR) is 182 cm³/mol. The molecule has 9 nitrogen and oxygen atoms in total. The van der Waals surface area contributed by atoms with Gasteiger partial charge in [-0.3, -0.25) is 19.3 Å². The molecule has 0 spiro atoms. The van der Waals surface area contributed by atoms with Gasteiger partial charge in [0.05, 0.1) is 23.5 Å². The van der Waals surface area contributed by atoms with Crippen LogP contribution in [-0.4, -0.2) is 74.3 Å². The molecule has 3 aromatic carbocycles. The van der Waals surface area contributed by atoms with Crippen LogP contribution >= 0.6 is 0 Å². The number of nitrogens with one attached hydrogen (secondary N) is 3. The lowest BCUT2D eigenvalue weighted by Gasteiger charge is -2.32. The number of piperazine rings is 1. The topological polar surface area (TPSA) is 97.0 Å². The SMILES string of the molecule is CN1CCN(CC(=O)N(C)c2ccc(NC(=C3C(=O)Nc4cc(F)ccc43)c3cccc(CNC(=O)CC(C)(C)C)c3)cc2)CC1. The van der Waals surface area contributed by atoms with Crippen LogP contribution in [0.1, 0.15) is 43.9 Å². The minimum atomic E-state index is -0.440. The van der Waals surface area contributed by atoms with Crippen molar-refractivity contribution in [2.45, 2.75) is 33.7 Å². The number of carbonyl (C=O) groups excluding carboxylic acids is 3. The number of rotatable bonds is 9. The number of halogens is 1. The lowest BCUT2D eigenvalue weighted by atomic mass is 9.92. The van der Waals surface area contributed by atoms with Crippen molar-refractivity contribution >= 4 is 46.1 Å². The molecule has 2 heterocycles. The standard InChI is InChI=1S/C36H43FN6O3/c1-36(2,3)21-31(44)38-22-24-7-6-8-25(19-24)34(33-29-14-9-26(37)20-30(29)40-35(33)46)39-27-10-12-28(13-11-27)42(5)32(45)23-43-17-15-41(4)16-18-43/h6-14,19-20,39H,15-18,21-23H2,1-5H3,(H,38,44)(H,40,46). The zero-order valence-corrected chi connectivity index (χ0v) is 27.2. The number of fused-ring (bicyclic) bond motifs is 1. The molecular weight excluding hydrogens is 583 g/mol. The Morgan fingerprint density at radius 3 is 2.39 bits per heavy atom. The van der Waals surface area contributed by atoms with Crippen molar-refractivity contribution in [2.24, 2.45) is 5.41 Å². The average Bonchev–Trinajstić information content (AvgIpc) is 3.33. The summed E-state index contributed by atoms with van der Waals surface area (Å²) in [6.07, 6.45) is 0.406. The van der Waals surface area contributed by atoms with Crippen molar-refractivity contribution in [3.8, 4) is 0 Å². The number of likely N-dealkylation sites (N-methyl/N-ethyl adjacent to an activating group) is 2. The van der Waals surface area contributed by atoms with Crippen molar-refractivity contribution in [1.82, 2.24) is 15.1 Å². The minimum absolute atomic E-state index is 0.0194. The van der Waals surface area contributed by atoms with Gasteiger partial charge in [-0.15, -0.1) is 0 Å². The summed E-state index contributed by atoms with van der Waals surface area (Å²) >= 11 is 0. The molecule has 3 N–H and O–H groups in total.